The number of aromatic nitrogens is 2. The average Bonchev–Trinajstić information content (AvgIpc) is 2.83. The van der Waals surface area contributed by atoms with Gasteiger partial charge in [-0.3, -0.25) is 14.6 Å². The molecule has 0 atom stereocenters. The second kappa shape index (κ2) is 11.7. The SMILES string of the molecule is CN=C(NCCCc1c(C)nn(C)c1C)NCCN1CCOCC1.I. The molecule has 0 unspecified atom stereocenters. The van der Waals surface area contributed by atoms with Crippen LogP contribution in [-0.4, -0.2) is 73.6 Å². The molecule has 0 saturated carbocycles. The highest BCUT2D eigenvalue weighted by molar-refractivity contribution is 14.0. The normalized spacial score (nSPS) is 15.8. The van der Waals surface area contributed by atoms with Crippen molar-refractivity contribution in [2.45, 2.75) is 26.7 Å². The van der Waals surface area contributed by atoms with Gasteiger partial charge in [0.1, 0.15) is 0 Å². The van der Waals surface area contributed by atoms with Crippen molar-refractivity contribution in [2.24, 2.45) is 12.0 Å². The van der Waals surface area contributed by atoms with E-state index in [-0.39, 0.29) is 24.0 Å². The number of halogens is 1. The smallest absolute Gasteiger partial charge is 0.191 e. The lowest BCUT2D eigenvalue weighted by Crippen LogP contribution is -2.44. The minimum Gasteiger partial charge on any atom is -0.379 e. The Kier molecular flexibility index (Phi) is 10.4. The monoisotopic (exact) mass is 464 g/mol. The van der Waals surface area contributed by atoms with Gasteiger partial charge in [0, 0.05) is 52.5 Å². The quantitative estimate of drug-likeness (QED) is 0.274. The first-order valence-corrected chi connectivity index (χ1v) is 8.85. The molecule has 1 fully saturated rings. The van der Waals surface area contributed by atoms with Crippen LogP contribution < -0.4 is 10.6 Å². The second-order valence-corrected chi connectivity index (χ2v) is 6.26. The molecular weight excluding hydrogens is 431 g/mol. The number of aliphatic imine (C=N–C) groups is 1. The van der Waals surface area contributed by atoms with Gasteiger partial charge >= 0.3 is 0 Å². The van der Waals surface area contributed by atoms with Crippen molar-refractivity contribution in [2.75, 3.05) is 53.0 Å². The van der Waals surface area contributed by atoms with Crippen molar-refractivity contribution in [3.8, 4) is 0 Å². The van der Waals surface area contributed by atoms with Crippen molar-refractivity contribution < 1.29 is 4.74 Å². The number of rotatable bonds is 7. The molecule has 0 aliphatic carbocycles. The van der Waals surface area contributed by atoms with E-state index in [9.17, 15) is 0 Å². The van der Waals surface area contributed by atoms with Gasteiger partial charge in [0.15, 0.2) is 5.96 Å². The molecule has 1 aliphatic heterocycles. The van der Waals surface area contributed by atoms with Crippen LogP contribution in [0.25, 0.3) is 0 Å². The van der Waals surface area contributed by atoms with E-state index < -0.39 is 0 Å². The van der Waals surface area contributed by atoms with Gasteiger partial charge in [0.25, 0.3) is 0 Å². The summed E-state index contributed by atoms with van der Waals surface area (Å²) in [7, 11) is 3.82. The van der Waals surface area contributed by atoms with Crippen LogP contribution in [0.1, 0.15) is 23.4 Å². The number of nitrogens with one attached hydrogen (secondary N) is 2. The summed E-state index contributed by atoms with van der Waals surface area (Å²) in [6, 6.07) is 0. The number of aryl methyl sites for hydroxylation is 2. The summed E-state index contributed by atoms with van der Waals surface area (Å²) in [5, 5.41) is 11.2. The Morgan fingerprint density at radius 3 is 2.48 bits per heavy atom. The van der Waals surface area contributed by atoms with Gasteiger partial charge in [-0.2, -0.15) is 5.10 Å². The maximum atomic E-state index is 5.36. The molecule has 0 bridgehead atoms. The molecule has 144 valence electrons. The molecule has 0 amide bonds. The summed E-state index contributed by atoms with van der Waals surface area (Å²) in [6.45, 7) is 10.8. The molecule has 0 aromatic carbocycles. The third kappa shape index (κ3) is 7.10. The van der Waals surface area contributed by atoms with Gasteiger partial charge < -0.3 is 15.4 Å². The highest BCUT2D eigenvalue weighted by Crippen LogP contribution is 2.13. The fraction of sp³-hybridized carbons (Fsp3) is 0.765. The maximum Gasteiger partial charge on any atom is 0.191 e. The zero-order valence-corrected chi connectivity index (χ0v) is 18.3. The highest BCUT2D eigenvalue weighted by Gasteiger charge is 2.10. The van der Waals surface area contributed by atoms with E-state index in [1.54, 1.807) is 0 Å². The lowest BCUT2D eigenvalue weighted by Gasteiger charge is -2.26. The van der Waals surface area contributed by atoms with Gasteiger partial charge in [-0.05, 0) is 32.3 Å². The Labute approximate surface area is 168 Å². The van der Waals surface area contributed by atoms with Crippen LogP contribution in [0.2, 0.25) is 0 Å². The van der Waals surface area contributed by atoms with Crippen molar-refractivity contribution in [3.05, 3.63) is 17.0 Å². The minimum atomic E-state index is 0. The molecular formula is C17H33IN6O. The standard InChI is InChI=1S/C17H32N6O.HI/c1-14-16(15(2)22(4)21-14)6-5-7-19-17(18-3)20-8-9-23-10-12-24-13-11-23;/h5-13H2,1-4H3,(H2,18,19,20);1H. The van der Waals surface area contributed by atoms with E-state index >= 15 is 0 Å². The molecule has 1 aromatic heterocycles. The number of hydrogen-bond donors (Lipinski definition) is 2. The topological polar surface area (TPSA) is 66.7 Å². The van der Waals surface area contributed by atoms with Gasteiger partial charge in [-0.25, -0.2) is 0 Å². The fourth-order valence-corrected chi connectivity index (χ4v) is 3.03. The van der Waals surface area contributed by atoms with Crippen molar-refractivity contribution in [3.63, 3.8) is 0 Å². The largest absolute Gasteiger partial charge is 0.379 e. The lowest BCUT2D eigenvalue weighted by molar-refractivity contribution is 0.0389. The first kappa shape index (κ1) is 22.2. The van der Waals surface area contributed by atoms with Crippen LogP contribution in [-0.2, 0) is 18.2 Å². The summed E-state index contributed by atoms with van der Waals surface area (Å²) in [5.74, 6) is 0.878. The molecule has 1 aromatic rings. The third-order valence-corrected chi connectivity index (χ3v) is 4.60. The third-order valence-electron chi connectivity index (χ3n) is 4.60. The highest BCUT2D eigenvalue weighted by atomic mass is 127. The van der Waals surface area contributed by atoms with Crippen LogP contribution in [0, 0.1) is 13.8 Å². The van der Waals surface area contributed by atoms with E-state index in [2.05, 4.69) is 39.5 Å². The molecule has 25 heavy (non-hydrogen) atoms. The van der Waals surface area contributed by atoms with Gasteiger partial charge in [-0.1, -0.05) is 0 Å². The molecule has 2 heterocycles. The first-order valence-electron chi connectivity index (χ1n) is 8.85. The lowest BCUT2D eigenvalue weighted by atomic mass is 10.1. The second-order valence-electron chi connectivity index (χ2n) is 6.26. The van der Waals surface area contributed by atoms with Crippen molar-refractivity contribution >= 4 is 29.9 Å². The molecule has 8 heteroatoms. The fourth-order valence-electron chi connectivity index (χ4n) is 3.03. The number of ether oxygens (including phenoxy) is 1. The Bertz CT molecular complexity index is 539. The van der Waals surface area contributed by atoms with E-state index in [0.717, 1.165) is 70.4 Å². The summed E-state index contributed by atoms with van der Waals surface area (Å²) < 4.78 is 7.33. The van der Waals surface area contributed by atoms with E-state index in [0.29, 0.717) is 0 Å². The van der Waals surface area contributed by atoms with Gasteiger partial charge in [-0.15, -0.1) is 24.0 Å². The predicted octanol–water partition coefficient (Wildman–Crippen LogP) is 1.08. The molecule has 1 saturated heterocycles. The Morgan fingerprint density at radius 2 is 1.88 bits per heavy atom. The Balaban J connectivity index is 0.00000312. The van der Waals surface area contributed by atoms with Crippen LogP contribution in [0.3, 0.4) is 0 Å². The maximum absolute atomic E-state index is 5.36. The van der Waals surface area contributed by atoms with Crippen LogP contribution in [0.15, 0.2) is 4.99 Å². The molecule has 1 aliphatic rings. The van der Waals surface area contributed by atoms with Gasteiger partial charge in [0.05, 0.1) is 18.9 Å². The number of nitrogens with zero attached hydrogens (tertiary/aromatic N) is 4. The van der Waals surface area contributed by atoms with Crippen LogP contribution in [0.5, 0.6) is 0 Å². The summed E-state index contributed by atoms with van der Waals surface area (Å²) in [6.07, 6.45) is 2.11. The minimum absolute atomic E-state index is 0. The number of guanidine groups is 1. The molecule has 7 nitrogen and oxygen atoms in total. The zero-order chi connectivity index (χ0) is 17.4. The predicted molar refractivity (Wildman–Crippen MR) is 113 cm³/mol. The number of hydrogen-bond acceptors (Lipinski definition) is 4. The molecule has 2 rings (SSSR count). The van der Waals surface area contributed by atoms with Crippen molar-refractivity contribution in [1.82, 2.24) is 25.3 Å². The molecule has 0 radical (unpaired) electrons. The Morgan fingerprint density at radius 1 is 1.20 bits per heavy atom. The summed E-state index contributed by atoms with van der Waals surface area (Å²) in [4.78, 5) is 6.70. The Hall–Kier alpha value is -0.870. The summed E-state index contributed by atoms with van der Waals surface area (Å²) in [5.41, 5.74) is 3.78. The molecule has 0 spiro atoms. The van der Waals surface area contributed by atoms with E-state index in [1.807, 2.05) is 18.8 Å². The first-order chi connectivity index (χ1) is 11.6. The van der Waals surface area contributed by atoms with Crippen LogP contribution >= 0.6 is 24.0 Å². The zero-order valence-electron chi connectivity index (χ0n) is 16.0. The number of morpholine rings is 1. The molecule has 2 N–H and O–H groups in total. The van der Waals surface area contributed by atoms with Gasteiger partial charge in [0.2, 0.25) is 0 Å². The van der Waals surface area contributed by atoms with E-state index in [1.165, 1.54) is 11.3 Å². The van der Waals surface area contributed by atoms with Crippen LogP contribution in [0.4, 0.5) is 0 Å². The average molecular weight is 464 g/mol. The van der Waals surface area contributed by atoms with E-state index in [4.69, 9.17) is 4.74 Å². The van der Waals surface area contributed by atoms with Crippen molar-refractivity contribution in [1.29, 1.82) is 0 Å². The summed E-state index contributed by atoms with van der Waals surface area (Å²) >= 11 is 0.